The molecule has 1 heteroatoms. The van der Waals surface area contributed by atoms with Crippen LogP contribution < -0.4 is 5.32 Å². The second-order valence-electron chi connectivity index (χ2n) is 8.01. The highest BCUT2D eigenvalue weighted by Gasteiger charge is 2.45. The van der Waals surface area contributed by atoms with Crippen molar-refractivity contribution < 1.29 is 0 Å². The summed E-state index contributed by atoms with van der Waals surface area (Å²) in [6, 6.07) is 0.864. The second kappa shape index (κ2) is 6.81. The van der Waals surface area contributed by atoms with Gasteiger partial charge in [0.25, 0.3) is 0 Å². The van der Waals surface area contributed by atoms with E-state index < -0.39 is 0 Å². The minimum atomic E-state index is 0.864. The fraction of sp³-hybridized carbons (Fsp3) is 1.00. The normalized spacial score (nSPS) is 42.0. The molecule has 0 aromatic carbocycles. The molecule has 0 aromatic rings. The van der Waals surface area contributed by atoms with Crippen molar-refractivity contribution in [2.45, 2.75) is 84.1 Å². The smallest absolute Gasteiger partial charge is 0.0126 e. The van der Waals surface area contributed by atoms with E-state index in [1.807, 2.05) is 0 Å². The lowest BCUT2D eigenvalue weighted by Crippen LogP contribution is -2.45. The summed E-state index contributed by atoms with van der Waals surface area (Å²) in [4.78, 5) is 0. The van der Waals surface area contributed by atoms with Crippen molar-refractivity contribution in [3.8, 4) is 0 Å². The van der Waals surface area contributed by atoms with Crippen molar-refractivity contribution in [2.75, 3.05) is 6.54 Å². The van der Waals surface area contributed by atoms with Gasteiger partial charge >= 0.3 is 0 Å². The molecule has 0 aliphatic heterocycles. The molecule has 0 spiro atoms. The van der Waals surface area contributed by atoms with Crippen molar-refractivity contribution in [3.63, 3.8) is 0 Å². The van der Waals surface area contributed by atoms with Crippen LogP contribution in [0.4, 0.5) is 0 Å². The Bertz CT molecular complexity index is 292. The third-order valence-electron chi connectivity index (χ3n) is 6.86. The standard InChI is InChI=1S/C19H35N/c1-3-11-20-19(16-8-5-14(4-2)6-9-16)18-13-15-7-10-17(18)12-15/h14-20H,3-13H2,1-2H3. The van der Waals surface area contributed by atoms with E-state index in [1.54, 1.807) is 25.7 Å². The van der Waals surface area contributed by atoms with Gasteiger partial charge in [-0.1, -0.05) is 39.5 Å². The molecular formula is C19H35N. The molecular weight excluding hydrogens is 242 g/mol. The van der Waals surface area contributed by atoms with Gasteiger partial charge in [-0.2, -0.15) is 0 Å². The SMILES string of the molecule is CCCNC(C1CCC(CC)CC1)C1CC2CCC1C2. The molecule has 116 valence electrons. The summed E-state index contributed by atoms with van der Waals surface area (Å²) in [5.41, 5.74) is 0. The van der Waals surface area contributed by atoms with Gasteiger partial charge in [-0.15, -0.1) is 0 Å². The molecule has 3 saturated carbocycles. The van der Waals surface area contributed by atoms with Crippen LogP contribution in [0.25, 0.3) is 0 Å². The largest absolute Gasteiger partial charge is 0.313 e. The Kier molecular flexibility index (Phi) is 5.07. The third kappa shape index (κ3) is 3.08. The van der Waals surface area contributed by atoms with Gasteiger partial charge in [-0.05, 0) is 74.7 Å². The topological polar surface area (TPSA) is 12.0 Å². The minimum Gasteiger partial charge on any atom is -0.313 e. The van der Waals surface area contributed by atoms with E-state index >= 15 is 0 Å². The first-order valence-corrected chi connectivity index (χ1v) is 9.55. The van der Waals surface area contributed by atoms with Gasteiger partial charge in [0.2, 0.25) is 0 Å². The molecule has 2 bridgehead atoms. The Morgan fingerprint density at radius 1 is 0.950 bits per heavy atom. The lowest BCUT2D eigenvalue weighted by Gasteiger charge is -2.40. The van der Waals surface area contributed by atoms with Crippen LogP contribution in [0.5, 0.6) is 0 Å². The van der Waals surface area contributed by atoms with E-state index in [0.29, 0.717) is 0 Å². The van der Waals surface area contributed by atoms with Gasteiger partial charge in [0.1, 0.15) is 0 Å². The molecule has 1 N–H and O–H groups in total. The van der Waals surface area contributed by atoms with Crippen molar-refractivity contribution in [1.82, 2.24) is 5.32 Å². The molecule has 0 heterocycles. The van der Waals surface area contributed by atoms with Crippen LogP contribution in [0.3, 0.4) is 0 Å². The molecule has 3 fully saturated rings. The summed E-state index contributed by atoms with van der Waals surface area (Å²) in [7, 11) is 0. The molecule has 4 unspecified atom stereocenters. The van der Waals surface area contributed by atoms with Gasteiger partial charge in [-0.25, -0.2) is 0 Å². The van der Waals surface area contributed by atoms with Crippen molar-refractivity contribution >= 4 is 0 Å². The molecule has 0 radical (unpaired) electrons. The molecule has 0 saturated heterocycles. The molecule has 0 amide bonds. The quantitative estimate of drug-likeness (QED) is 0.720. The summed E-state index contributed by atoms with van der Waals surface area (Å²) < 4.78 is 0. The molecule has 3 aliphatic carbocycles. The maximum atomic E-state index is 4.00. The highest BCUT2D eigenvalue weighted by atomic mass is 14.9. The predicted octanol–water partition coefficient (Wildman–Crippen LogP) is 5.01. The van der Waals surface area contributed by atoms with E-state index in [9.17, 15) is 0 Å². The van der Waals surface area contributed by atoms with Crippen LogP contribution in [0.2, 0.25) is 0 Å². The summed E-state index contributed by atoms with van der Waals surface area (Å²) in [6.07, 6.45) is 14.9. The van der Waals surface area contributed by atoms with Crippen molar-refractivity contribution in [2.24, 2.45) is 29.6 Å². The summed E-state index contributed by atoms with van der Waals surface area (Å²) in [6.45, 7) is 5.94. The van der Waals surface area contributed by atoms with E-state index in [-0.39, 0.29) is 0 Å². The fourth-order valence-electron chi connectivity index (χ4n) is 5.67. The van der Waals surface area contributed by atoms with E-state index in [4.69, 9.17) is 0 Å². The lowest BCUT2D eigenvalue weighted by molar-refractivity contribution is 0.142. The molecule has 20 heavy (non-hydrogen) atoms. The van der Waals surface area contributed by atoms with Crippen molar-refractivity contribution in [1.29, 1.82) is 0 Å². The number of fused-ring (bicyclic) bond motifs is 2. The first-order chi connectivity index (χ1) is 9.81. The average molecular weight is 277 g/mol. The van der Waals surface area contributed by atoms with E-state index in [2.05, 4.69) is 19.2 Å². The Labute approximate surface area is 126 Å². The molecule has 3 aliphatic rings. The zero-order valence-corrected chi connectivity index (χ0v) is 13.7. The number of hydrogen-bond acceptors (Lipinski definition) is 1. The average Bonchev–Trinajstić information content (AvgIpc) is 3.11. The first kappa shape index (κ1) is 14.9. The van der Waals surface area contributed by atoms with Crippen LogP contribution in [0, 0.1) is 29.6 Å². The summed E-state index contributed by atoms with van der Waals surface area (Å²) in [5.74, 6) is 5.25. The number of hydrogen-bond donors (Lipinski definition) is 1. The highest BCUT2D eigenvalue weighted by molar-refractivity contribution is 4.98. The Morgan fingerprint density at radius 2 is 1.75 bits per heavy atom. The zero-order chi connectivity index (χ0) is 13.9. The van der Waals surface area contributed by atoms with Gasteiger partial charge in [0.05, 0.1) is 0 Å². The third-order valence-corrected chi connectivity index (χ3v) is 6.86. The predicted molar refractivity (Wildman–Crippen MR) is 86.8 cm³/mol. The minimum absolute atomic E-state index is 0.864. The van der Waals surface area contributed by atoms with Crippen LogP contribution in [-0.2, 0) is 0 Å². The number of nitrogens with one attached hydrogen (secondary N) is 1. The molecule has 3 rings (SSSR count). The first-order valence-electron chi connectivity index (χ1n) is 9.55. The Morgan fingerprint density at radius 3 is 2.30 bits per heavy atom. The monoisotopic (exact) mass is 277 g/mol. The van der Waals surface area contributed by atoms with E-state index in [0.717, 1.165) is 35.6 Å². The Balaban J connectivity index is 1.61. The Hall–Kier alpha value is -0.0400. The van der Waals surface area contributed by atoms with Crippen molar-refractivity contribution in [3.05, 3.63) is 0 Å². The second-order valence-corrected chi connectivity index (χ2v) is 8.01. The maximum absolute atomic E-state index is 4.00. The molecule has 1 nitrogen and oxygen atoms in total. The van der Waals surface area contributed by atoms with Gasteiger partial charge in [0.15, 0.2) is 0 Å². The summed E-state index contributed by atoms with van der Waals surface area (Å²) >= 11 is 0. The molecule has 4 atom stereocenters. The fourth-order valence-corrected chi connectivity index (χ4v) is 5.67. The van der Waals surface area contributed by atoms with Crippen LogP contribution >= 0.6 is 0 Å². The van der Waals surface area contributed by atoms with Crippen LogP contribution in [-0.4, -0.2) is 12.6 Å². The highest BCUT2D eigenvalue weighted by Crippen LogP contribution is 2.51. The molecule has 0 aromatic heterocycles. The zero-order valence-electron chi connectivity index (χ0n) is 13.7. The summed E-state index contributed by atoms with van der Waals surface area (Å²) in [5, 5.41) is 4.00. The van der Waals surface area contributed by atoms with Crippen LogP contribution in [0.1, 0.15) is 78.1 Å². The lowest BCUT2D eigenvalue weighted by atomic mass is 9.71. The van der Waals surface area contributed by atoms with Gasteiger partial charge in [0, 0.05) is 6.04 Å². The maximum Gasteiger partial charge on any atom is 0.0126 e. The number of rotatable bonds is 6. The van der Waals surface area contributed by atoms with Crippen LogP contribution in [0.15, 0.2) is 0 Å². The van der Waals surface area contributed by atoms with Gasteiger partial charge in [-0.3, -0.25) is 0 Å². The van der Waals surface area contributed by atoms with Gasteiger partial charge < -0.3 is 5.32 Å². The van der Waals surface area contributed by atoms with E-state index in [1.165, 1.54) is 45.1 Å².